The van der Waals surface area contributed by atoms with E-state index in [1.807, 2.05) is 6.07 Å². The molecule has 0 fully saturated rings. The molecule has 0 bridgehead atoms. The molecule has 36 heavy (non-hydrogen) atoms. The molecule has 0 saturated heterocycles. The molecule has 1 aliphatic heterocycles. The van der Waals surface area contributed by atoms with Crippen molar-refractivity contribution < 1.29 is 28.8 Å². The Labute approximate surface area is 212 Å². The van der Waals surface area contributed by atoms with E-state index in [-0.39, 0.29) is 40.7 Å². The highest BCUT2D eigenvalue weighted by Gasteiger charge is 2.39. The maximum absolute atomic E-state index is 13.2. The third kappa shape index (κ3) is 6.01. The van der Waals surface area contributed by atoms with Gasteiger partial charge in [-0.05, 0) is 19.4 Å². The van der Waals surface area contributed by atoms with Crippen molar-refractivity contribution in [2.45, 2.75) is 19.8 Å². The van der Waals surface area contributed by atoms with Crippen LogP contribution in [-0.2, 0) is 19.1 Å². The normalized spacial score (nSPS) is 15.2. The summed E-state index contributed by atoms with van der Waals surface area (Å²) in [5, 5.41) is 14.5. The molecule has 188 valence electrons. The van der Waals surface area contributed by atoms with Crippen LogP contribution in [0.1, 0.15) is 35.7 Å². The molecule has 0 radical (unpaired) electrons. The number of nitrogens with one attached hydrogen (secondary N) is 1. The number of hydrogen-bond acceptors (Lipinski definition) is 9. The molecule has 2 aromatic rings. The Morgan fingerprint density at radius 3 is 2.42 bits per heavy atom. The number of benzene rings is 2. The standard InChI is InChI=1S/C26H26N2O7S/c1-4-35-26(31)24-20(14-36-15-21(29)17-9-6-5-7-10-17)27-16(2)22(25(30)34-3)23(24)18-11-8-12-19(13-18)28(32)33/h5-13,23,27H,4,14-15H2,1-3H3. The summed E-state index contributed by atoms with van der Waals surface area (Å²) >= 11 is 1.30. The minimum atomic E-state index is -0.960. The molecule has 2 aromatic carbocycles. The largest absolute Gasteiger partial charge is 0.466 e. The first kappa shape index (κ1) is 26.7. The van der Waals surface area contributed by atoms with Crippen molar-refractivity contribution in [1.82, 2.24) is 5.32 Å². The third-order valence-electron chi connectivity index (χ3n) is 5.54. The average Bonchev–Trinajstić information content (AvgIpc) is 2.88. The van der Waals surface area contributed by atoms with E-state index >= 15 is 0 Å². The van der Waals surface area contributed by atoms with Crippen LogP contribution in [0.25, 0.3) is 0 Å². The van der Waals surface area contributed by atoms with Crippen LogP contribution in [0.2, 0.25) is 0 Å². The van der Waals surface area contributed by atoms with Crippen molar-refractivity contribution in [2.75, 3.05) is 25.2 Å². The van der Waals surface area contributed by atoms with Crippen molar-refractivity contribution in [3.8, 4) is 0 Å². The van der Waals surface area contributed by atoms with Gasteiger partial charge < -0.3 is 14.8 Å². The summed E-state index contributed by atoms with van der Waals surface area (Å²) < 4.78 is 10.3. The van der Waals surface area contributed by atoms with Crippen LogP contribution in [0.4, 0.5) is 5.69 Å². The Balaban J connectivity index is 2.04. The van der Waals surface area contributed by atoms with Crippen LogP contribution in [0.15, 0.2) is 77.1 Å². The topological polar surface area (TPSA) is 125 Å². The molecule has 1 aliphatic rings. The highest BCUT2D eigenvalue weighted by molar-refractivity contribution is 8.00. The molecule has 0 aromatic heterocycles. The van der Waals surface area contributed by atoms with Crippen molar-refractivity contribution in [1.29, 1.82) is 0 Å². The minimum Gasteiger partial charge on any atom is -0.466 e. The zero-order valence-corrected chi connectivity index (χ0v) is 20.9. The molecule has 1 atom stereocenters. The summed E-state index contributed by atoms with van der Waals surface area (Å²) in [6.45, 7) is 3.41. The molecule has 0 saturated carbocycles. The first-order valence-corrected chi connectivity index (χ1v) is 12.3. The van der Waals surface area contributed by atoms with Crippen molar-refractivity contribution in [3.63, 3.8) is 0 Å². The summed E-state index contributed by atoms with van der Waals surface area (Å²) in [4.78, 5) is 49.4. The van der Waals surface area contributed by atoms with Crippen molar-refractivity contribution in [3.05, 3.63) is 98.4 Å². The second-order valence-corrected chi connectivity index (χ2v) is 8.82. The van der Waals surface area contributed by atoms with Gasteiger partial charge in [0.25, 0.3) is 5.69 Å². The molecular formula is C26H26N2O7S. The number of dihydropyridines is 1. The SMILES string of the molecule is CCOC(=O)C1=C(CSCC(=O)c2ccccc2)NC(C)=C(C(=O)OC)C1c1cccc([N+](=O)[O-])c1. The van der Waals surface area contributed by atoms with E-state index in [9.17, 15) is 24.5 Å². The predicted molar refractivity (Wildman–Crippen MR) is 135 cm³/mol. The lowest BCUT2D eigenvalue weighted by Crippen LogP contribution is -2.34. The number of carbonyl (C=O) groups is 3. The molecule has 1 heterocycles. The average molecular weight is 511 g/mol. The number of nitro groups is 1. The van der Waals surface area contributed by atoms with Gasteiger partial charge in [0, 0.05) is 34.8 Å². The zero-order valence-electron chi connectivity index (χ0n) is 20.1. The zero-order chi connectivity index (χ0) is 26.2. The Kier molecular flexibility index (Phi) is 9.02. The van der Waals surface area contributed by atoms with Crippen molar-refractivity contribution in [2.24, 2.45) is 0 Å². The number of thioether (sulfide) groups is 1. The molecule has 9 nitrogen and oxygen atoms in total. The number of ketones is 1. The van der Waals surface area contributed by atoms with Gasteiger partial charge in [-0.15, -0.1) is 11.8 Å². The number of allylic oxidation sites excluding steroid dienone is 1. The summed E-state index contributed by atoms with van der Waals surface area (Å²) in [7, 11) is 1.22. The molecular weight excluding hydrogens is 484 g/mol. The van der Waals surface area contributed by atoms with Gasteiger partial charge in [-0.2, -0.15) is 0 Å². The molecule has 0 amide bonds. The second kappa shape index (κ2) is 12.2. The monoisotopic (exact) mass is 510 g/mol. The first-order chi connectivity index (χ1) is 17.3. The van der Waals surface area contributed by atoms with Gasteiger partial charge in [-0.1, -0.05) is 42.5 Å². The van der Waals surface area contributed by atoms with Crippen LogP contribution in [-0.4, -0.2) is 47.9 Å². The molecule has 1 N–H and O–H groups in total. The fraction of sp³-hybridized carbons (Fsp3) is 0.269. The van der Waals surface area contributed by atoms with E-state index in [0.717, 1.165) is 0 Å². The fourth-order valence-electron chi connectivity index (χ4n) is 3.95. The molecule has 0 aliphatic carbocycles. The van der Waals surface area contributed by atoms with Gasteiger partial charge in [0.1, 0.15) is 0 Å². The molecule has 3 rings (SSSR count). The maximum atomic E-state index is 13.2. The molecule has 10 heteroatoms. The predicted octanol–water partition coefficient (Wildman–Crippen LogP) is 4.16. The Morgan fingerprint density at radius 1 is 1.06 bits per heavy atom. The lowest BCUT2D eigenvalue weighted by atomic mass is 9.80. The van der Waals surface area contributed by atoms with Gasteiger partial charge >= 0.3 is 11.9 Å². The van der Waals surface area contributed by atoms with Crippen LogP contribution in [0.5, 0.6) is 0 Å². The first-order valence-electron chi connectivity index (χ1n) is 11.1. The van der Waals surface area contributed by atoms with Crippen LogP contribution in [0.3, 0.4) is 0 Å². The van der Waals surface area contributed by atoms with Crippen LogP contribution in [0, 0.1) is 10.1 Å². The minimum absolute atomic E-state index is 0.0626. The number of Topliss-reactive ketones (excluding diaryl/α,β-unsaturated/α-hetero) is 1. The number of nitro benzene ring substituents is 1. The Bertz CT molecular complexity index is 1240. The summed E-state index contributed by atoms with van der Waals surface area (Å²) in [6.07, 6.45) is 0. The summed E-state index contributed by atoms with van der Waals surface area (Å²) in [6, 6.07) is 14.6. The number of ether oxygens (including phenoxy) is 2. The number of rotatable bonds is 10. The number of nitrogens with zero attached hydrogens (tertiary/aromatic N) is 1. The van der Waals surface area contributed by atoms with Gasteiger partial charge in [-0.3, -0.25) is 14.9 Å². The van der Waals surface area contributed by atoms with Crippen molar-refractivity contribution >= 4 is 35.2 Å². The van der Waals surface area contributed by atoms with Crippen LogP contribution < -0.4 is 5.32 Å². The second-order valence-electron chi connectivity index (χ2n) is 7.84. The van der Waals surface area contributed by atoms with E-state index in [4.69, 9.17) is 9.47 Å². The number of hydrogen-bond donors (Lipinski definition) is 1. The molecule has 1 unspecified atom stereocenters. The maximum Gasteiger partial charge on any atom is 0.336 e. The van der Waals surface area contributed by atoms with Gasteiger partial charge in [0.15, 0.2) is 5.78 Å². The van der Waals surface area contributed by atoms with Gasteiger partial charge in [0.05, 0.1) is 41.5 Å². The molecule has 0 spiro atoms. The highest BCUT2D eigenvalue weighted by Crippen LogP contribution is 2.40. The van der Waals surface area contributed by atoms with Gasteiger partial charge in [-0.25, -0.2) is 9.59 Å². The van der Waals surface area contributed by atoms with E-state index in [1.54, 1.807) is 44.2 Å². The highest BCUT2D eigenvalue weighted by atomic mass is 32.2. The fourth-order valence-corrected chi connectivity index (χ4v) is 4.83. The van der Waals surface area contributed by atoms with E-state index < -0.39 is 22.8 Å². The third-order valence-corrected chi connectivity index (χ3v) is 6.49. The number of non-ortho nitro benzene ring substituents is 1. The summed E-state index contributed by atoms with van der Waals surface area (Å²) in [5.41, 5.74) is 1.96. The lowest BCUT2D eigenvalue weighted by molar-refractivity contribution is -0.384. The van der Waals surface area contributed by atoms with E-state index in [2.05, 4.69) is 5.32 Å². The smallest absolute Gasteiger partial charge is 0.336 e. The quantitative estimate of drug-likeness (QED) is 0.217. The van der Waals surface area contributed by atoms with Crippen LogP contribution >= 0.6 is 11.8 Å². The lowest BCUT2D eigenvalue weighted by Gasteiger charge is -2.31. The van der Waals surface area contributed by atoms with E-state index in [1.165, 1.54) is 37.1 Å². The Hall–Kier alpha value is -3.92. The van der Waals surface area contributed by atoms with Gasteiger partial charge in [0.2, 0.25) is 0 Å². The van der Waals surface area contributed by atoms with E-state index in [0.29, 0.717) is 22.5 Å². The summed E-state index contributed by atoms with van der Waals surface area (Å²) in [5.74, 6) is -1.96. The Morgan fingerprint density at radius 2 is 1.78 bits per heavy atom. The number of esters is 2. The number of carbonyl (C=O) groups excluding carboxylic acids is 3. The number of methoxy groups -OCH3 is 1.